The SMILES string of the molecule is CCCCCC1CCC(C2CCC(C3CCC(c4ccc(OC(=O)C(C)(C)CO)cc4)CC3)CC2)CC1. The molecular weight excluding hydrogens is 456 g/mol. The van der Waals surface area contributed by atoms with E-state index in [4.69, 9.17) is 4.74 Å². The number of ether oxygens (including phenoxy) is 1. The van der Waals surface area contributed by atoms with Crippen LogP contribution >= 0.6 is 0 Å². The maximum Gasteiger partial charge on any atom is 0.319 e. The number of unbranched alkanes of at least 4 members (excludes halogenated alkanes) is 2. The van der Waals surface area contributed by atoms with Gasteiger partial charge in [0.15, 0.2) is 0 Å². The highest BCUT2D eigenvalue weighted by Gasteiger charge is 2.35. The van der Waals surface area contributed by atoms with E-state index in [-0.39, 0.29) is 12.6 Å². The maximum atomic E-state index is 12.2. The van der Waals surface area contributed by atoms with Gasteiger partial charge in [0.2, 0.25) is 0 Å². The molecule has 3 fully saturated rings. The van der Waals surface area contributed by atoms with Gasteiger partial charge in [0.25, 0.3) is 0 Å². The zero-order valence-corrected chi connectivity index (χ0v) is 24.1. The summed E-state index contributed by atoms with van der Waals surface area (Å²) in [6, 6.07) is 8.13. The van der Waals surface area contributed by atoms with Gasteiger partial charge in [-0.05, 0) is 131 Å². The van der Waals surface area contributed by atoms with Crippen LogP contribution in [0, 0.1) is 35.0 Å². The standard InChI is InChI=1S/C34H54O3/c1-4-5-6-7-25-8-10-26(11-9-25)27-12-14-28(15-13-27)29-16-18-30(19-17-29)31-20-22-32(23-21-31)37-33(36)34(2,3)24-35/h20-23,25-30,35H,4-19,24H2,1-3H3. The quantitative estimate of drug-likeness (QED) is 0.194. The Labute approximate surface area is 227 Å². The van der Waals surface area contributed by atoms with Crippen molar-refractivity contribution in [1.29, 1.82) is 0 Å². The number of hydrogen-bond donors (Lipinski definition) is 1. The topological polar surface area (TPSA) is 46.5 Å². The normalized spacial score (nSPS) is 31.1. The van der Waals surface area contributed by atoms with Crippen molar-refractivity contribution in [1.82, 2.24) is 0 Å². The highest BCUT2D eigenvalue weighted by atomic mass is 16.5. The Hall–Kier alpha value is -1.35. The summed E-state index contributed by atoms with van der Waals surface area (Å²) < 4.78 is 5.49. The van der Waals surface area contributed by atoms with E-state index in [9.17, 15) is 9.90 Å². The molecule has 3 saturated carbocycles. The molecule has 1 aromatic carbocycles. The Kier molecular flexibility index (Phi) is 10.6. The van der Waals surface area contributed by atoms with E-state index in [1.165, 1.54) is 108 Å². The number of hydrogen-bond acceptors (Lipinski definition) is 3. The average Bonchev–Trinajstić information content (AvgIpc) is 2.94. The fourth-order valence-electron chi connectivity index (χ4n) is 7.76. The highest BCUT2D eigenvalue weighted by molar-refractivity contribution is 5.78. The third-order valence-corrected chi connectivity index (χ3v) is 10.5. The summed E-state index contributed by atoms with van der Waals surface area (Å²) in [6.45, 7) is 5.51. The van der Waals surface area contributed by atoms with E-state index in [0.717, 1.165) is 29.6 Å². The smallest absolute Gasteiger partial charge is 0.319 e. The minimum Gasteiger partial charge on any atom is -0.426 e. The van der Waals surface area contributed by atoms with Crippen molar-refractivity contribution in [3.8, 4) is 5.75 Å². The number of carbonyl (C=O) groups excluding carboxylic acids is 1. The molecule has 0 heterocycles. The van der Waals surface area contributed by atoms with E-state index >= 15 is 0 Å². The molecule has 4 rings (SSSR count). The molecule has 0 spiro atoms. The number of aliphatic hydroxyl groups excluding tert-OH is 1. The van der Waals surface area contributed by atoms with E-state index < -0.39 is 5.41 Å². The molecule has 3 aliphatic carbocycles. The molecule has 0 saturated heterocycles. The van der Waals surface area contributed by atoms with Crippen molar-refractivity contribution in [3.05, 3.63) is 29.8 Å². The number of benzene rings is 1. The van der Waals surface area contributed by atoms with Gasteiger partial charge in [-0.25, -0.2) is 0 Å². The van der Waals surface area contributed by atoms with Gasteiger partial charge in [0, 0.05) is 0 Å². The van der Waals surface area contributed by atoms with E-state index in [1.807, 2.05) is 12.1 Å². The van der Waals surface area contributed by atoms with Crippen LogP contribution in [0.5, 0.6) is 5.75 Å². The molecule has 0 bridgehead atoms. The van der Waals surface area contributed by atoms with Crippen molar-refractivity contribution in [2.75, 3.05) is 6.61 Å². The predicted octanol–water partition coefficient (Wildman–Crippen LogP) is 9.08. The molecule has 0 atom stereocenters. The van der Waals surface area contributed by atoms with Crippen LogP contribution in [0.3, 0.4) is 0 Å². The van der Waals surface area contributed by atoms with E-state index in [0.29, 0.717) is 11.7 Å². The average molecular weight is 511 g/mol. The second kappa shape index (κ2) is 13.6. The lowest BCUT2D eigenvalue weighted by molar-refractivity contribution is -0.146. The Morgan fingerprint density at radius 3 is 1.76 bits per heavy atom. The maximum absolute atomic E-state index is 12.2. The largest absolute Gasteiger partial charge is 0.426 e. The number of carbonyl (C=O) groups is 1. The Balaban J connectivity index is 1.16. The molecule has 0 unspecified atom stereocenters. The van der Waals surface area contributed by atoms with E-state index in [1.54, 1.807) is 13.8 Å². The Morgan fingerprint density at radius 2 is 1.27 bits per heavy atom. The summed E-state index contributed by atoms with van der Waals surface area (Å²) in [5, 5.41) is 9.38. The zero-order valence-electron chi connectivity index (χ0n) is 24.1. The van der Waals surface area contributed by atoms with Crippen LogP contribution in [0.1, 0.15) is 135 Å². The summed E-state index contributed by atoms with van der Waals surface area (Å²) in [4.78, 5) is 12.2. The molecule has 208 valence electrons. The summed E-state index contributed by atoms with van der Waals surface area (Å²) in [6.07, 6.45) is 23.2. The van der Waals surface area contributed by atoms with Crippen LogP contribution in [-0.2, 0) is 4.79 Å². The molecule has 0 aliphatic heterocycles. The minimum absolute atomic E-state index is 0.213. The van der Waals surface area contributed by atoms with Gasteiger partial charge in [-0.3, -0.25) is 4.79 Å². The molecule has 1 N–H and O–H groups in total. The molecule has 3 heteroatoms. The second-order valence-corrected chi connectivity index (χ2v) is 13.6. The van der Waals surface area contributed by atoms with Gasteiger partial charge in [0.1, 0.15) is 5.75 Å². The number of aliphatic hydroxyl groups is 1. The van der Waals surface area contributed by atoms with Crippen molar-refractivity contribution in [2.45, 2.75) is 129 Å². The lowest BCUT2D eigenvalue weighted by Gasteiger charge is -2.41. The number of esters is 1. The molecule has 1 aromatic rings. The van der Waals surface area contributed by atoms with Crippen molar-refractivity contribution in [3.63, 3.8) is 0 Å². The van der Waals surface area contributed by atoms with E-state index in [2.05, 4.69) is 19.1 Å². The van der Waals surface area contributed by atoms with Gasteiger partial charge in [-0.1, -0.05) is 57.6 Å². The van der Waals surface area contributed by atoms with Crippen molar-refractivity contribution < 1.29 is 14.6 Å². The fourth-order valence-corrected chi connectivity index (χ4v) is 7.76. The molecule has 0 amide bonds. The van der Waals surface area contributed by atoms with Crippen LogP contribution in [0.15, 0.2) is 24.3 Å². The lowest BCUT2D eigenvalue weighted by Crippen LogP contribution is -2.32. The predicted molar refractivity (Wildman–Crippen MR) is 153 cm³/mol. The van der Waals surface area contributed by atoms with Crippen LogP contribution in [0.2, 0.25) is 0 Å². The minimum atomic E-state index is -0.871. The first-order valence-corrected chi connectivity index (χ1v) is 15.8. The van der Waals surface area contributed by atoms with Gasteiger partial charge >= 0.3 is 5.97 Å². The van der Waals surface area contributed by atoms with Crippen LogP contribution in [-0.4, -0.2) is 17.7 Å². The monoisotopic (exact) mass is 510 g/mol. The summed E-state index contributed by atoms with van der Waals surface area (Å²) in [5.74, 6) is 5.85. The third kappa shape index (κ3) is 7.84. The third-order valence-electron chi connectivity index (χ3n) is 10.5. The first kappa shape index (κ1) is 28.7. The van der Waals surface area contributed by atoms with Gasteiger partial charge < -0.3 is 9.84 Å². The molecule has 3 nitrogen and oxygen atoms in total. The summed E-state index contributed by atoms with van der Waals surface area (Å²) in [7, 11) is 0. The van der Waals surface area contributed by atoms with Crippen molar-refractivity contribution >= 4 is 5.97 Å². The molecule has 3 aliphatic rings. The molecular formula is C34H54O3. The lowest BCUT2D eigenvalue weighted by atomic mass is 9.64. The van der Waals surface area contributed by atoms with Crippen LogP contribution < -0.4 is 4.74 Å². The van der Waals surface area contributed by atoms with Gasteiger partial charge in [0.05, 0.1) is 12.0 Å². The summed E-state index contributed by atoms with van der Waals surface area (Å²) in [5.41, 5.74) is 0.512. The van der Waals surface area contributed by atoms with Gasteiger partial charge in [-0.2, -0.15) is 0 Å². The first-order valence-electron chi connectivity index (χ1n) is 15.8. The zero-order chi connectivity index (χ0) is 26.3. The fraction of sp³-hybridized carbons (Fsp3) is 0.794. The summed E-state index contributed by atoms with van der Waals surface area (Å²) >= 11 is 0. The Morgan fingerprint density at radius 1 is 0.784 bits per heavy atom. The second-order valence-electron chi connectivity index (χ2n) is 13.6. The van der Waals surface area contributed by atoms with Crippen LogP contribution in [0.25, 0.3) is 0 Å². The first-order chi connectivity index (χ1) is 17.9. The highest BCUT2D eigenvalue weighted by Crippen LogP contribution is 2.47. The Bertz CT molecular complexity index is 804. The molecule has 0 aromatic heterocycles. The number of rotatable bonds is 10. The molecule has 37 heavy (non-hydrogen) atoms. The van der Waals surface area contributed by atoms with Crippen molar-refractivity contribution in [2.24, 2.45) is 35.0 Å². The molecule has 0 radical (unpaired) electrons. The van der Waals surface area contributed by atoms with Crippen LogP contribution in [0.4, 0.5) is 0 Å². The van der Waals surface area contributed by atoms with Gasteiger partial charge in [-0.15, -0.1) is 0 Å².